The van der Waals surface area contributed by atoms with E-state index in [1.165, 1.54) is 37.7 Å². The zero-order valence-electron chi connectivity index (χ0n) is 33.1. The lowest BCUT2D eigenvalue weighted by atomic mass is 9.68. The SMILES string of the molecule is C[C@H]1CC2(CCC(Cc3ccc(C(=O)N4CCC(F)(CN5Cc6cc7c(cc6C5)C(=O)N(C5CCC(=O)NC5=O)C7)CC4)cc3)CC2)CN1c1ccc(C#N)c(Cl)c1. The van der Waals surface area contributed by atoms with Crippen LogP contribution in [0, 0.1) is 22.7 Å². The van der Waals surface area contributed by atoms with Gasteiger partial charge in [-0.05, 0) is 122 Å². The minimum atomic E-state index is -1.41. The summed E-state index contributed by atoms with van der Waals surface area (Å²) >= 11 is 6.38. The Morgan fingerprint density at radius 3 is 2.33 bits per heavy atom. The first kappa shape index (κ1) is 38.7. The summed E-state index contributed by atoms with van der Waals surface area (Å²) in [6, 6.07) is 19.7. The number of carbonyl (C=O) groups excluding carboxylic acids is 4. The lowest BCUT2D eigenvalue weighted by Gasteiger charge is -2.38. The summed E-state index contributed by atoms with van der Waals surface area (Å²) in [6.07, 6.45) is 8.04. The Kier molecular flexibility index (Phi) is 10.1. The molecule has 5 heterocycles. The Bertz CT molecular complexity index is 2210. The molecule has 4 fully saturated rings. The van der Waals surface area contributed by atoms with E-state index in [4.69, 9.17) is 11.6 Å². The molecule has 1 N–H and O–H groups in total. The third-order valence-electron chi connectivity index (χ3n) is 14.1. The largest absolute Gasteiger partial charge is 0.368 e. The molecule has 3 saturated heterocycles. The molecule has 58 heavy (non-hydrogen) atoms. The number of rotatable bonds is 7. The van der Waals surface area contributed by atoms with Crippen molar-refractivity contribution in [3.05, 3.63) is 98.6 Å². The average molecular weight is 805 g/mol. The number of nitriles is 1. The Balaban J connectivity index is 0.733. The molecule has 3 aromatic rings. The van der Waals surface area contributed by atoms with Crippen LogP contribution in [0.25, 0.3) is 0 Å². The Labute approximate surface area is 344 Å². The minimum absolute atomic E-state index is 0.0456. The van der Waals surface area contributed by atoms with Crippen LogP contribution in [0.15, 0.2) is 54.6 Å². The van der Waals surface area contributed by atoms with E-state index in [1.54, 1.807) is 9.80 Å². The highest BCUT2D eigenvalue weighted by atomic mass is 35.5. The highest BCUT2D eigenvalue weighted by Gasteiger charge is 2.45. The summed E-state index contributed by atoms with van der Waals surface area (Å²) in [5.74, 6) is -0.356. The predicted molar refractivity (Wildman–Crippen MR) is 218 cm³/mol. The van der Waals surface area contributed by atoms with Gasteiger partial charge >= 0.3 is 0 Å². The van der Waals surface area contributed by atoms with Crippen LogP contribution in [0.1, 0.15) is 113 Å². The quantitative estimate of drug-likeness (QED) is 0.257. The highest BCUT2D eigenvalue weighted by Crippen LogP contribution is 2.49. The monoisotopic (exact) mass is 804 g/mol. The van der Waals surface area contributed by atoms with E-state index in [9.17, 15) is 24.4 Å². The molecule has 1 aliphatic carbocycles. The second-order valence-corrected chi connectivity index (χ2v) is 18.5. The number of likely N-dealkylation sites (tertiary alicyclic amines) is 1. The van der Waals surface area contributed by atoms with Crippen molar-refractivity contribution >= 4 is 40.9 Å². The van der Waals surface area contributed by atoms with Crippen molar-refractivity contribution < 1.29 is 23.6 Å². The molecule has 0 radical (unpaired) electrons. The van der Waals surface area contributed by atoms with Crippen LogP contribution in [0.5, 0.6) is 0 Å². The zero-order chi connectivity index (χ0) is 40.3. The fourth-order valence-electron chi connectivity index (χ4n) is 10.9. The van der Waals surface area contributed by atoms with Gasteiger partial charge in [-0.1, -0.05) is 29.8 Å². The van der Waals surface area contributed by atoms with Crippen molar-refractivity contribution in [2.24, 2.45) is 11.3 Å². The number of nitrogens with one attached hydrogen (secondary N) is 1. The highest BCUT2D eigenvalue weighted by molar-refractivity contribution is 6.32. The molecule has 10 nitrogen and oxygen atoms in total. The van der Waals surface area contributed by atoms with Gasteiger partial charge in [-0.3, -0.25) is 29.4 Å². The van der Waals surface area contributed by atoms with Crippen molar-refractivity contribution in [1.82, 2.24) is 20.0 Å². The summed E-state index contributed by atoms with van der Waals surface area (Å²) in [4.78, 5) is 58.8. The molecule has 3 aromatic carbocycles. The number of halogens is 2. The van der Waals surface area contributed by atoms with E-state index in [1.807, 2.05) is 42.5 Å². The number of benzene rings is 3. The van der Waals surface area contributed by atoms with Crippen molar-refractivity contribution in [2.75, 3.05) is 31.1 Å². The first-order chi connectivity index (χ1) is 27.9. The smallest absolute Gasteiger partial charge is 0.255 e. The summed E-state index contributed by atoms with van der Waals surface area (Å²) in [5, 5.41) is 12.1. The molecular formula is C46H50ClFN6O4. The van der Waals surface area contributed by atoms with E-state index in [2.05, 4.69) is 40.2 Å². The molecule has 0 aromatic heterocycles. The van der Waals surface area contributed by atoms with Gasteiger partial charge in [-0.2, -0.15) is 5.26 Å². The number of amides is 4. The second kappa shape index (κ2) is 15.1. The second-order valence-electron chi connectivity index (χ2n) is 18.1. The van der Waals surface area contributed by atoms with Crippen LogP contribution >= 0.6 is 11.6 Å². The molecule has 12 heteroatoms. The van der Waals surface area contributed by atoms with Crippen LogP contribution in [0.2, 0.25) is 5.02 Å². The van der Waals surface area contributed by atoms with Crippen LogP contribution in [-0.4, -0.2) is 82.3 Å². The predicted octanol–water partition coefficient (Wildman–Crippen LogP) is 6.95. The van der Waals surface area contributed by atoms with Gasteiger partial charge in [-0.25, -0.2) is 4.39 Å². The number of hydrogen-bond donors (Lipinski definition) is 1. The molecule has 302 valence electrons. The van der Waals surface area contributed by atoms with Gasteiger partial charge in [-0.15, -0.1) is 0 Å². The minimum Gasteiger partial charge on any atom is -0.368 e. The van der Waals surface area contributed by atoms with Gasteiger partial charge in [0.2, 0.25) is 11.8 Å². The molecule has 6 aliphatic rings. The van der Waals surface area contributed by atoms with Crippen molar-refractivity contribution in [2.45, 2.75) is 109 Å². The van der Waals surface area contributed by atoms with E-state index < -0.39 is 17.6 Å². The molecular weight excluding hydrogens is 755 g/mol. The average Bonchev–Trinajstić information content (AvgIpc) is 3.86. The Morgan fingerprint density at radius 1 is 0.914 bits per heavy atom. The van der Waals surface area contributed by atoms with Gasteiger partial charge in [0.25, 0.3) is 11.8 Å². The van der Waals surface area contributed by atoms with Gasteiger partial charge in [0.1, 0.15) is 17.8 Å². The summed E-state index contributed by atoms with van der Waals surface area (Å²) in [5.41, 5.74) is 5.94. The van der Waals surface area contributed by atoms with Gasteiger partial charge in [0.15, 0.2) is 0 Å². The van der Waals surface area contributed by atoms with E-state index in [0.29, 0.717) is 78.2 Å². The van der Waals surface area contributed by atoms with Crippen LogP contribution in [-0.2, 0) is 35.6 Å². The molecule has 4 amide bonds. The lowest BCUT2D eigenvalue weighted by Crippen LogP contribution is -2.52. The van der Waals surface area contributed by atoms with Crippen LogP contribution in [0.3, 0.4) is 0 Å². The maximum atomic E-state index is 16.3. The molecule has 9 rings (SSSR count). The number of imide groups is 1. The zero-order valence-corrected chi connectivity index (χ0v) is 33.8. The Morgan fingerprint density at radius 2 is 1.64 bits per heavy atom. The number of carbonyl (C=O) groups is 4. The molecule has 1 saturated carbocycles. The van der Waals surface area contributed by atoms with Gasteiger partial charge in [0.05, 0.1) is 10.6 Å². The van der Waals surface area contributed by atoms with Gasteiger partial charge in [0, 0.05) is 87.9 Å². The number of anilines is 1. The third kappa shape index (κ3) is 7.39. The first-order valence-corrected chi connectivity index (χ1v) is 21.3. The number of piperidine rings is 2. The number of alkyl halides is 1. The van der Waals surface area contributed by atoms with E-state index in [-0.39, 0.29) is 43.5 Å². The summed E-state index contributed by atoms with van der Waals surface area (Å²) in [7, 11) is 0. The van der Waals surface area contributed by atoms with E-state index >= 15 is 4.39 Å². The fraction of sp³-hybridized carbons (Fsp3) is 0.500. The first-order valence-electron chi connectivity index (χ1n) is 20.9. The standard InChI is InChI=1S/C46H50ClFN6O4/c1-29-22-45(27-54(29)37-7-6-33(23-49)39(47)21-37)12-10-31(11-13-45)18-30-2-4-32(5-3-30)43(57)52-16-14-46(48,15-17-52)28-51-24-34-19-36-26-53(40-8-9-41(55)50-42(40)56)44(58)38(36)20-35(34)25-51/h2-7,19-21,29,31,40H,8-18,22,24-28H2,1H3,(H,50,55,56)/t29-,31?,40?,45?/m0/s1. The summed E-state index contributed by atoms with van der Waals surface area (Å²) in [6.45, 7) is 5.78. The molecule has 0 bridgehead atoms. The van der Waals surface area contributed by atoms with Crippen LogP contribution in [0.4, 0.5) is 10.1 Å². The Hall–Kier alpha value is -4.79. The number of nitrogens with zero attached hydrogens (tertiary/aromatic N) is 5. The molecule has 2 atom stereocenters. The van der Waals surface area contributed by atoms with Crippen molar-refractivity contribution in [1.29, 1.82) is 5.26 Å². The van der Waals surface area contributed by atoms with Gasteiger partial charge < -0.3 is 14.7 Å². The lowest BCUT2D eigenvalue weighted by molar-refractivity contribution is -0.136. The van der Waals surface area contributed by atoms with Crippen molar-refractivity contribution in [3.8, 4) is 6.07 Å². The molecule has 1 unspecified atom stereocenters. The summed E-state index contributed by atoms with van der Waals surface area (Å²) < 4.78 is 16.3. The maximum absolute atomic E-state index is 16.3. The normalized spacial score (nSPS) is 26.8. The molecule has 5 aliphatic heterocycles. The molecule has 1 spiro atoms. The fourth-order valence-corrected chi connectivity index (χ4v) is 11.1. The maximum Gasteiger partial charge on any atom is 0.255 e. The topological polar surface area (TPSA) is 117 Å². The third-order valence-corrected chi connectivity index (χ3v) is 14.5. The van der Waals surface area contributed by atoms with Crippen molar-refractivity contribution in [3.63, 3.8) is 0 Å². The van der Waals surface area contributed by atoms with E-state index in [0.717, 1.165) is 35.3 Å². The number of hydrogen-bond acceptors (Lipinski definition) is 7. The van der Waals surface area contributed by atoms with Crippen LogP contribution < -0.4 is 10.2 Å². The number of fused-ring (bicyclic) bond motifs is 2.